The molecule has 0 aliphatic carbocycles. The van der Waals surface area contributed by atoms with Gasteiger partial charge in [0.15, 0.2) is 5.82 Å². The summed E-state index contributed by atoms with van der Waals surface area (Å²) in [7, 11) is 0. The molecule has 4 nitrogen and oxygen atoms in total. The molecule has 13 heavy (non-hydrogen) atoms. The molecular weight excluding hydrogens is 286 g/mol. The summed E-state index contributed by atoms with van der Waals surface area (Å²) < 4.78 is 15.3. The van der Waals surface area contributed by atoms with Crippen LogP contribution >= 0.6 is 22.6 Å². The highest BCUT2D eigenvalue weighted by Gasteiger charge is 2.12. The lowest BCUT2D eigenvalue weighted by molar-refractivity contribution is 0.556. The molecule has 0 spiro atoms. The van der Waals surface area contributed by atoms with Crippen molar-refractivity contribution in [2.75, 3.05) is 5.73 Å². The summed E-state index contributed by atoms with van der Waals surface area (Å²) >= 11 is 2.00. The number of hydrogen-bond donors (Lipinski definition) is 1. The van der Waals surface area contributed by atoms with Crippen LogP contribution < -0.4 is 5.73 Å². The lowest BCUT2D eigenvalue weighted by Crippen LogP contribution is -2.01. The van der Waals surface area contributed by atoms with Gasteiger partial charge in [0.05, 0.1) is 6.20 Å². The van der Waals surface area contributed by atoms with E-state index in [0.717, 1.165) is 6.20 Å². The van der Waals surface area contributed by atoms with E-state index in [4.69, 9.17) is 5.73 Å². The van der Waals surface area contributed by atoms with Crippen LogP contribution in [0.2, 0.25) is 0 Å². The Kier molecular flexibility index (Phi) is 1.86. The van der Waals surface area contributed by atoms with Crippen molar-refractivity contribution in [1.82, 2.24) is 14.4 Å². The van der Waals surface area contributed by atoms with Gasteiger partial charge in [-0.05, 0) is 29.5 Å². The van der Waals surface area contributed by atoms with Gasteiger partial charge in [-0.25, -0.2) is 9.97 Å². The Balaban J connectivity index is 3.03. The van der Waals surface area contributed by atoms with Crippen molar-refractivity contribution in [1.29, 1.82) is 0 Å². The molecule has 0 aromatic carbocycles. The average Bonchev–Trinajstić information content (AvgIpc) is 2.36. The molecule has 0 aliphatic rings. The maximum atomic E-state index is 13.2. The van der Waals surface area contributed by atoms with Gasteiger partial charge < -0.3 is 5.73 Å². The standard InChI is InChI=1S/C7H6FIN4/c1-3-12-6(9)5-7(10)11-2-4(8)13(3)5/h2H,1H3,(H2,10,11). The fourth-order valence-corrected chi connectivity index (χ4v) is 2.09. The summed E-state index contributed by atoms with van der Waals surface area (Å²) in [5.41, 5.74) is 6.14. The van der Waals surface area contributed by atoms with E-state index in [0.29, 0.717) is 20.9 Å². The molecule has 0 atom stereocenters. The van der Waals surface area contributed by atoms with E-state index in [1.54, 1.807) is 6.92 Å². The summed E-state index contributed by atoms with van der Waals surface area (Å²) in [5.74, 6) is 0.425. The second kappa shape index (κ2) is 2.79. The van der Waals surface area contributed by atoms with Gasteiger partial charge in [0.25, 0.3) is 0 Å². The zero-order chi connectivity index (χ0) is 9.59. The first-order valence-electron chi connectivity index (χ1n) is 3.56. The van der Waals surface area contributed by atoms with E-state index >= 15 is 0 Å². The maximum Gasteiger partial charge on any atom is 0.218 e. The van der Waals surface area contributed by atoms with Gasteiger partial charge in [0.2, 0.25) is 5.95 Å². The second-order valence-corrected chi connectivity index (χ2v) is 3.62. The van der Waals surface area contributed by atoms with Crippen LogP contribution in [0.1, 0.15) is 5.82 Å². The van der Waals surface area contributed by atoms with Crippen LogP contribution in [0, 0.1) is 16.6 Å². The molecule has 0 aliphatic heterocycles. The average molecular weight is 292 g/mol. The molecule has 0 unspecified atom stereocenters. The molecule has 68 valence electrons. The van der Waals surface area contributed by atoms with Gasteiger partial charge in [-0.3, -0.25) is 4.40 Å². The van der Waals surface area contributed by atoms with Crippen molar-refractivity contribution in [2.45, 2.75) is 6.92 Å². The number of nitrogen functional groups attached to an aromatic ring is 1. The highest BCUT2D eigenvalue weighted by molar-refractivity contribution is 14.1. The molecule has 0 amide bonds. The predicted octanol–water partition coefficient (Wildman–Crippen LogP) is 1.36. The Labute approximate surface area is 87.1 Å². The molecule has 2 N–H and O–H groups in total. The third kappa shape index (κ3) is 1.16. The van der Waals surface area contributed by atoms with E-state index in [-0.39, 0.29) is 0 Å². The molecule has 2 rings (SSSR count). The number of imidazole rings is 1. The molecule has 6 heteroatoms. The third-order valence-electron chi connectivity index (χ3n) is 1.77. The summed E-state index contributed by atoms with van der Waals surface area (Å²) in [6.45, 7) is 1.72. The van der Waals surface area contributed by atoms with Crippen LogP contribution in [-0.2, 0) is 0 Å². The van der Waals surface area contributed by atoms with Crippen molar-refractivity contribution >= 4 is 33.9 Å². The summed E-state index contributed by atoms with van der Waals surface area (Å²) in [6.07, 6.45) is 1.09. The first-order valence-corrected chi connectivity index (χ1v) is 4.63. The maximum absolute atomic E-state index is 13.2. The predicted molar refractivity (Wildman–Crippen MR) is 54.8 cm³/mol. The number of aromatic nitrogens is 3. The Morgan fingerprint density at radius 3 is 2.92 bits per heavy atom. The Bertz CT molecular complexity index is 437. The number of hydrogen-bond acceptors (Lipinski definition) is 3. The van der Waals surface area contributed by atoms with Crippen molar-refractivity contribution in [3.8, 4) is 0 Å². The van der Waals surface area contributed by atoms with Gasteiger partial charge in [0, 0.05) is 0 Å². The normalized spacial score (nSPS) is 11.0. The quantitative estimate of drug-likeness (QED) is 0.746. The molecule has 2 aromatic heterocycles. The molecule has 0 saturated heterocycles. The number of nitrogens with two attached hydrogens (primary N) is 1. The molecule has 2 aromatic rings. The van der Waals surface area contributed by atoms with Crippen molar-refractivity contribution < 1.29 is 4.39 Å². The number of fused-ring (bicyclic) bond motifs is 1. The van der Waals surface area contributed by atoms with Gasteiger partial charge in [0.1, 0.15) is 15.0 Å². The van der Waals surface area contributed by atoms with E-state index in [1.807, 2.05) is 22.6 Å². The van der Waals surface area contributed by atoms with Gasteiger partial charge in [-0.15, -0.1) is 0 Å². The lowest BCUT2D eigenvalue weighted by atomic mass is 10.5. The monoisotopic (exact) mass is 292 g/mol. The fourth-order valence-electron chi connectivity index (χ4n) is 1.22. The minimum Gasteiger partial charge on any atom is -0.382 e. The first-order chi connectivity index (χ1) is 6.11. The smallest absolute Gasteiger partial charge is 0.218 e. The van der Waals surface area contributed by atoms with Crippen LogP contribution in [0.3, 0.4) is 0 Å². The van der Waals surface area contributed by atoms with Crippen molar-refractivity contribution in [3.05, 3.63) is 21.7 Å². The number of aryl methyl sites for hydroxylation is 1. The second-order valence-electron chi connectivity index (χ2n) is 2.60. The Hall–Kier alpha value is -0.920. The number of halogens is 2. The zero-order valence-electron chi connectivity index (χ0n) is 6.75. The third-order valence-corrected chi connectivity index (χ3v) is 2.52. The summed E-state index contributed by atoms with van der Waals surface area (Å²) in [4.78, 5) is 7.82. The van der Waals surface area contributed by atoms with E-state index in [1.165, 1.54) is 4.40 Å². The summed E-state index contributed by atoms with van der Waals surface area (Å²) in [6, 6.07) is 0. The van der Waals surface area contributed by atoms with Crippen LogP contribution in [0.25, 0.3) is 5.52 Å². The van der Waals surface area contributed by atoms with Gasteiger partial charge in [-0.1, -0.05) is 0 Å². The molecule has 0 fully saturated rings. The van der Waals surface area contributed by atoms with Gasteiger partial charge in [-0.2, -0.15) is 4.39 Å². The fraction of sp³-hybridized carbons (Fsp3) is 0.143. The van der Waals surface area contributed by atoms with Gasteiger partial charge >= 0.3 is 0 Å². The Morgan fingerprint density at radius 1 is 1.62 bits per heavy atom. The number of rotatable bonds is 0. The molecular formula is C7H6FIN4. The van der Waals surface area contributed by atoms with E-state index in [2.05, 4.69) is 9.97 Å². The van der Waals surface area contributed by atoms with Crippen molar-refractivity contribution in [2.24, 2.45) is 0 Å². The van der Waals surface area contributed by atoms with Crippen LogP contribution in [-0.4, -0.2) is 14.4 Å². The highest BCUT2D eigenvalue weighted by atomic mass is 127. The van der Waals surface area contributed by atoms with Crippen LogP contribution in [0.15, 0.2) is 6.20 Å². The highest BCUT2D eigenvalue weighted by Crippen LogP contribution is 2.20. The SMILES string of the molecule is Cc1nc(I)c2c(N)ncc(F)n12. The van der Waals surface area contributed by atoms with Crippen LogP contribution in [0.5, 0.6) is 0 Å². The summed E-state index contributed by atoms with van der Waals surface area (Å²) in [5, 5.41) is 0. The molecule has 0 radical (unpaired) electrons. The van der Waals surface area contributed by atoms with Crippen LogP contribution in [0.4, 0.5) is 10.2 Å². The first kappa shape index (κ1) is 8.67. The van der Waals surface area contributed by atoms with E-state index in [9.17, 15) is 4.39 Å². The van der Waals surface area contributed by atoms with E-state index < -0.39 is 5.95 Å². The number of nitrogens with zero attached hydrogens (tertiary/aromatic N) is 3. The topological polar surface area (TPSA) is 56.2 Å². The minimum absolute atomic E-state index is 0.298. The Morgan fingerprint density at radius 2 is 2.31 bits per heavy atom. The number of anilines is 1. The molecule has 2 heterocycles. The molecule has 0 bridgehead atoms. The minimum atomic E-state index is -0.447. The van der Waals surface area contributed by atoms with Crippen molar-refractivity contribution in [3.63, 3.8) is 0 Å². The zero-order valence-corrected chi connectivity index (χ0v) is 8.91. The lowest BCUT2D eigenvalue weighted by Gasteiger charge is -2.00. The molecule has 0 saturated carbocycles. The largest absolute Gasteiger partial charge is 0.382 e.